The molecule has 0 heterocycles. The minimum Gasteiger partial charge on any atom is -0.392 e. The maximum Gasteiger partial charge on any atom is 0.251 e. The number of nitrogens with one attached hydrogen (secondary N) is 1. The lowest BCUT2D eigenvalue weighted by atomic mass is 10.1. The van der Waals surface area contributed by atoms with Crippen molar-refractivity contribution in [1.29, 1.82) is 0 Å². The van der Waals surface area contributed by atoms with E-state index in [4.69, 9.17) is 0 Å². The Morgan fingerprint density at radius 2 is 1.56 bits per heavy atom. The van der Waals surface area contributed by atoms with Crippen LogP contribution in [0.2, 0.25) is 0 Å². The maximum absolute atomic E-state index is 11.8. The molecule has 0 saturated heterocycles. The maximum atomic E-state index is 11.8. The molecule has 0 radical (unpaired) electrons. The van der Waals surface area contributed by atoms with Crippen molar-refractivity contribution in [3.8, 4) is 0 Å². The summed E-state index contributed by atoms with van der Waals surface area (Å²) in [5, 5.41) is 12.0. The third-order valence-electron chi connectivity index (χ3n) is 2.76. The van der Waals surface area contributed by atoms with E-state index < -0.39 is 0 Å². The summed E-state index contributed by atoms with van der Waals surface area (Å²) >= 11 is 0. The Balaban J connectivity index is 2.02. The molecule has 0 spiro atoms. The zero-order chi connectivity index (χ0) is 12.8. The van der Waals surface area contributed by atoms with Crippen LogP contribution < -0.4 is 5.32 Å². The number of amides is 1. The molecule has 0 unspecified atom stereocenters. The summed E-state index contributed by atoms with van der Waals surface area (Å²) in [7, 11) is 0. The third kappa shape index (κ3) is 2.96. The van der Waals surface area contributed by atoms with Gasteiger partial charge in [0.15, 0.2) is 0 Å². The van der Waals surface area contributed by atoms with Gasteiger partial charge in [0.25, 0.3) is 5.91 Å². The van der Waals surface area contributed by atoms with Crippen LogP contribution in [-0.2, 0) is 13.2 Å². The average molecular weight is 241 g/mol. The first-order valence-corrected chi connectivity index (χ1v) is 5.82. The van der Waals surface area contributed by atoms with E-state index in [1.807, 2.05) is 42.5 Å². The summed E-state index contributed by atoms with van der Waals surface area (Å²) in [4.78, 5) is 11.8. The predicted molar refractivity (Wildman–Crippen MR) is 70.0 cm³/mol. The summed E-state index contributed by atoms with van der Waals surface area (Å²) in [6.45, 7) is 0.405. The minimum atomic E-state index is -0.108. The molecule has 92 valence electrons. The molecule has 3 heteroatoms. The fourth-order valence-corrected chi connectivity index (χ4v) is 1.75. The first kappa shape index (κ1) is 12.3. The molecule has 1 amide bonds. The monoisotopic (exact) mass is 241 g/mol. The van der Waals surface area contributed by atoms with Gasteiger partial charge in [-0.3, -0.25) is 4.79 Å². The molecule has 0 bridgehead atoms. The van der Waals surface area contributed by atoms with Crippen molar-refractivity contribution in [3.63, 3.8) is 0 Å². The van der Waals surface area contributed by atoms with E-state index in [-0.39, 0.29) is 12.5 Å². The van der Waals surface area contributed by atoms with Crippen LogP contribution in [0.5, 0.6) is 0 Å². The van der Waals surface area contributed by atoms with Gasteiger partial charge in [0.05, 0.1) is 6.61 Å². The molecule has 0 saturated carbocycles. The standard InChI is InChI=1S/C15H15NO2/c17-11-14-9-5-4-8-13(14)10-16-15(18)12-6-2-1-3-7-12/h1-9,17H,10-11H2,(H,16,18). The molecule has 2 aromatic carbocycles. The number of aliphatic hydroxyl groups excluding tert-OH is 1. The van der Waals surface area contributed by atoms with Gasteiger partial charge in [-0.05, 0) is 23.3 Å². The zero-order valence-corrected chi connectivity index (χ0v) is 9.97. The van der Waals surface area contributed by atoms with Crippen molar-refractivity contribution < 1.29 is 9.90 Å². The predicted octanol–water partition coefficient (Wildman–Crippen LogP) is 2.11. The Kier molecular flexibility index (Phi) is 4.10. The Labute approximate surface area is 106 Å². The van der Waals surface area contributed by atoms with Crippen molar-refractivity contribution >= 4 is 5.91 Å². The second-order valence-corrected chi connectivity index (χ2v) is 3.98. The molecular weight excluding hydrogens is 226 g/mol. The largest absolute Gasteiger partial charge is 0.392 e. The van der Waals surface area contributed by atoms with Crippen molar-refractivity contribution in [3.05, 3.63) is 71.3 Å². The Hall–Kier alpha value is -2.13. The van der Waals surface area contributed by atoms with Gasteiger partial charge in [-0.25, -0.2) is 0 Å². The van der Waals surface area contributed by atoms with E-state index in [1.165, 1.54) is 0 Å². The van der Waals surface area contributed by atoms with Crippen LogP contribution >= 0.6 is 0 Å². The number of hydrogen-bond acceptors (Lipinski definition) is 2. The summed E-state index contributed by atoms with van der Waals surface area (Å²) in [6, 6.07) is 16.6. The van der Waals surface area contributed by atoms with Crippen LogP contribution in [0.15, 0.2) is 54.6 Å². The van der Waals surface area contributed by atoms with Gasteiger partial charge in [0.1, 0.15) is 0 Å². The third-order valence-corrected chi connectivity index (χ3v) is 2.76. The molecule has 0 aliphatic carbocycles. The fraction of sp³-hybridized carbons (Fsp3) is 0.133. The van der Waals surface area contributed by atoms with E-state index in [0.717, 1.165) is 11.1 Å². The molecule has 18 heavy (non-hydrogen) atoms. The second kappa shape index (κ2) is 5.98. The van der Waals surface area contributed by atoms with Crippen molar-refractivity contribution in [2.45, 2.75) is 13.2 Å². The molecule has 2 rings (SSSR count). The normalized spacial score (nSPS) is 10.1. The van der Waals surface area contributed by atoms with Crippen LogP contribution in [0.25, 0.3) is 0 Å². The summed E-state index contributed by atoms with van der Waals surface area (Å²) in [5.74, 6) is -0.108. The SMILES string of the molecule is O=C(NCc1ccccc1CO)c1ccccc1. The van der Waals surface area contributed by atoms with Crippen molar-refractivity contribution in [2.24, 2.45) is 0 Å². The topological polar surface area (TPSA) is 49.3 Å². The lowest BCUT2D eigenvalue weighted by molar-refractivity contribution is 0.0950. The molecule has 2 N–H and O–H groups in total. The van der Waals surface area contributed by atoms with Crippen LogP contribution in [0.1, 0.15) is 21.5 Å². The van der Waals surface area contributed by atoms with E-state index in [0.29, 0.717) is 12.1 Å². The quantitative estimate of drug-likeness (QED) is 0.861. The van der Waals surface area contributed by atoms with Gasteiger partial charge >= 0.3 is 0 Å². The molecule has 0 aromatic heterocycles. The Morgan fingerprint density at radius 3 is 2.22 bits per heavy atom. The van der Waals surface area contributed by atoms with Crippen LogP contribution in [0.4, 0.5) is 0 Å². The fourth-order valence-electron chi connectivity index (χ4n) is 1.75. The number of carbonyl (C=O) groups is 1. The highest BCUT2D eigenvalue weighted by Gasteiger charge is 2.05. The number of hydrogen-bond donors (Lipinski definition) is 2. The van der Waals surface area contributed by atoms with Crippen LogP contribution in [0, 0.1) is 0 Å². The van der Waals surface area contributed by atoms with Crippen molar-refractivity contribution in [2.75, 3.05) is 0 Å². The van der Waals surface area contributed by atoms with Crippen LogP contribution in [0.3, 0.4) is 0 Å². The summed E-state index contributed by atoms with van der Waals surface area (Å²) in [5.41, 5.74) is 2.41. The van der Waals surface area contributed by atoms with Gasteiger partial charge in [-0.1, -0.05) is 42.5 Å². The smallest absolute Gasteiger partial charge is 0.251 e. The lowest BCUT2D eigenvalue weighted by Crippen LogP contribution is -2.23. The summed E-state index contributed by atoms with van der Waals surface area (Å²) < 4.78 is 0. The van der Waals surface area contributed by atoms with E-state index >= 15 is 0 Å². The number of aliphatic hydroxyl groups is 1. The molecular formula is C15H15NO2. The van der Waals surface area contributed by atoms with Gasteiger partial charge in [-0.2, -0.15) is 0 Å². The highest BCUT2D eigenvalue weighted by Crippen LogP contribution is 2.08. The first-order chi connectivity index (χ1) is 8.81. The lowest BCUT2D eigenvalue weighted by Gasteiger charge is -2.08. The zero-order valence-electron chi connectivity index (χ0n) is 9.97. The van der Waals surface area contributed by atoms with E-state index in [2.05, 4.69) is 5.32 Å². The molecule has 0 aliphatic heterocycles. The summed E-state index contributed by atoms with van der Waals surface area (Å²) in [6.07, 6.45) is 0. The molecule has 3 nitrogen and oxygen atoms in total. The minimum absolute atomic E-state index is 0.0165. The molecule has 0 atom stereocenters. The van der Waals surface area contributed by atoms with Gasteiger partial charge in [0.2, 0.25) is 0 Å². The van der Waals surface area contributed by atoms with E-state index in [1.54, 1.807) is 12.1 Å². The number of rotatable bonds is 4. The number of carbonyl (C=O) groups excluding carboxylic acids is 1. The Morgan fingerprint density at radius 1 is 0.944 bits per heavy atom. The van der Waals surface area contributed by atoms with Gasteiger partial charge in [0, 0.05) is 12.1 Å². The molecule has 0 fully saturated rings. The first-order valence-electron chi connectivity index (χ1n) is 5.82. The van der Waals surface area contributed by atoms with Crippen molar-refractivity contribution in [1.82, 2.24) is 5.32 Å². The highest BCUT2D eigenvalue weighted by atomic mass is 16.3. The number of benzene rings is 2. The Bertz CT molecular complexity index is 523. The van der Waals surface area contributed by atoms with Gasteiger partial charge in [-0.15, -0.1) is 0 Å². The average Bonchev–Trinajstić information content (AvgIpc) is 2.46. The highest BCUT2D eigenvalue weighted by molar-refractivity contribution is 5.94. The van der Waals surface area contributed by atoms with Gasteiger partial charge < -0.3 is 10.4 Å². The van der Waals surface area contributed by atoms with E-state index in [9.17, 15) is 9.90 Å². The second-order valence-electron chi connectivity index (χ2n) is 3.98. The molecule has 0 aliphatic rings. The molecule has 2 aromatic rings. The van der Waals surface area contributed by atoms with Crippen LogP contribution in [-0.4, -0.2) is 11.0 Å².